The van der Waals surface area contributed by atoms with E-state index in [1.165, 1.54) is 38.5 Å². The standard InChI is InChI=1S/C61H98O6/c1-4-7-10-13-16-19-22-25-27-29-30-32-33-36-39-42-45-48-51-54-60(63)66-57-58(56-65-59(62)53-50-47-44-41-38-35-24-21-18-15-12-9-6-3)67-61(64)55-52-49-46-43-40-37-34-31-28-26-23-20-17-14-11-8-5-2/h8-9,11-12,16-21,25-28,30,32,34-35,37-38,58H,4-7,10,13-15,22-24,29,31,33,36,39-57H2,1-3H3/b11-8-,12-9-,19-16-,20-17-,21-18-,27-25-,28-26-,32-30-,37-34-,38-35-. The van der Waals surface area contributed by atoms with Crippen molar-refractivity contribution in [3.63, 3.8) is 0 Å². The van der Waals surface area contributed by atoms with Crippen LogP contribution < -0.4 is 0 Å². The molecule has 0 aromatic heterocycles. The molecule has 0 N–H and O–H groups in total. The molecule has 378 valence electrons. The van der Waals surface area contributed by atoms with Crippen molar-refractivity contribution in [2.45, 2.75) is 232 Å². The van der Waals surface area contributed by atoms with Gasteiger partial charge in [-0.05, 0) is 128 Å². The monoisotopic (exact) mass is 927 g/mol. The number of carbonyl (C=O) groups is 3. The lowest BCUT2D eigenvalue weighted by molar-refractivity contribution is -0.167. The van der Waals surface area contributed by atoms with E-state index in [1.807, 2.05) is 0 Å². The van der Waals surface area contributed by atoms with Crippen LogP contribution in [-0.4, -0.2) is 37.2 Å². The first-order chi connectivity index (χ1) is 33.0. The van der Waals surface area contributed by atoms with Crippen LogP contribution in [0.1, 0.15) is 226 Å². The number of hydrogen-bond acceptors (Lipinski definition) is 6. The Kier molecular flexibility index (Phi) is 51.0. The normalized spacial score (nSPS) is 13.1. The Bertz CT molecular complexity index is 1440. The number of hydrogen-bond donors (Lipinski definition) is 0. The topological polar surface area (TPSA) is 78.9 Å². The summed E-state index contributed by atoms with van der Waals surface area (Å²) >= 11 is 0. The van der Waals surface area contributed by atoms with E-state index in [0.29, 0.717) is 12.8 Å². The molecule has 0 aromatic rings. The average molecular weight is 927 g/mol. The van der Waals surface area contributed by atoms with Crippen molar-refractivity contribution in [1.29, 1.82) is 0 Å². The van der Waals surface area contributed by atoms with Gasteiger partial charge < -0.3 is 14.2 Å². The molecule has 0 saturated heterocycles. The van der Waals surface area contributed by atoms with E-state index in [-0.39, 0.29) is 37.5 Å². The van der Waals surface area contributed by atoms with E-state index >= 15 is 0 Å². The molecule has 6 heteroatoms. The summed E-state index contributed by atoms with van der Waals surface area (Å²) in [7, 11) is 0. The van der Waals surface area contributed by atoms with Crippen LogP contribution in [0.15, 0.2) is 122 Å². The zero-order valence-electron chi connectivity index (χ0n) is 43.1. The van der Waals surface area contributed by atoms with E-state index in [4.69, 9.17) is 14.2 Å². The maximum atomic E-state index is 12.8. The van der Waals surface area contributed by atoms with Gasteiger partial charge in [0.05, 0.1) is 0 Å². The molecule has 0 aromatic carbocycles. The third-order valence-electron chi connectivity index (χ3n) is 10.9. The first-order valence-electron chi connectivity index (χ1n) is 27.0. The molecule has 0 bridgehead atoms. The lowest BCUT2D eigenvalue weighted by atomic mass is 10.1. The van der Waals surface area contributed by atoms with Crippen molar-refractivity contribution in [3.8, 4) is 0 Å². The van der Waals surface area contributed by atoms with Gasteiger partial charge in [-0.25, -0.2) is 0 Å². The van der Waals surface area contributed by atoms with E-state index in [1.54, 1.807) is 0 Å². The number of rotatable bonds is 47. The summed E-state index contributed by atoms with van der Waals surface area (Å²) in [5.74, 6) is -0.979. The van der Waals surface area contributed by atoms with E-state index in [2.05, 4.69) is 142 Å². The van der Waals surface area contributed by atoms with Crippen LogP contribution in [0.25, 0.3) is 0 Å². The molecule has 0 radical (unpaired) electrons. The third-order valence-corrected chi connectivity index (χ3v) is 10.9. The molecular formula is C61H98O6. The highest BCUT2D eigenvalue weighted by atomic mass is 16.6. The summed E-state index contributed by atoms with van der Waals surface area (Å²) in [6.45, 7) is 6.31. The molecular weight excluding hydrogens is 829 g/mol. The highest BCUT2D eigenvalue weighted by Gasteiger charge is 2.19. The van der Waals surface area contributed by atoms with Crippen LogP contribution in [0, 0.1) is 0 Å². The summed E-state index contributed by atoms with van der Waals surface area (Å²) in [6, 6.07) is 0. The molecule has 0 rings (SSSR count). The van der Waals surface area contributed by atoms with Crippen molar-refractivity contribution in [2.24, 2.45) is 0 Å². The van der Waals surface area contributed by atoms with Crippen LogP contribution in [-0.2, 0) is 28.6 Å². The highest BCUT2D eigenvalue weighted by Crippen LogP contribution is 2.13. The van der Waals surface area contributed by atoms with Crippen molar-refractivity contribution in [1.82, 2.24) is 0 Å². The fraction of sp³-hybridized carbons (Fsp3) is 0.623. The van der Waals surface area contributed by atoms with Gasteiger partial charge >= 0.3 is 17.9 Å². The quantitative estimate of drug-likeness (QED) is 0.0262. The maximum Gasteiger partial charge on any atom is 0.306 e. The van der Waals surface area contributed by atoms with Gasteiger partial charge in [0.2, 0.25) is 0 Å². The SMILES string of the molecule is CC/C=C\C/C=C\C/C=C\C/C=C\CCCCCCC(=O)OC(COC(=O)CCCCC/C=C\C/C=C\C/C=C\CC)COC(=O)CCCCCCCC/C=C\C/C=C\C/C=C\CCCCC. The Balaban J connectivity index is 4.50. The fourth-order valence-corrected chi connectivity index (χ4v) is 6.92. The second kappa shape index (κ2) is 54.4. The molecule has 1 unspecified atom stereocenters. The van der Waals surface area contributed by atoms with E-state index in [0.717, 1.165) is 148 Å². The van der Waals surface area contributed by atoms with Gasteiger partial charge in [-0.2, -0.15) is 0 Å². The molecule has 67 heavy (non-hydrogen) atoms. The molecule has 0 fully saturated rings. The second-order valence-corrected chi connectivity index (χ2v) is 17.4. The van der Waals surface area contributed by atoms with Crippen LogP contribution in [0.5, 0.6) is 0 Å². The zero-order valence-corrected chi connectivity index (χ0v) is 43.1. The lowest BCUT2D eigenvalue weighted by Gasteiger charge is -2.18. The Morgan fingerprint density at radius 3 is 0.925 bits per heavy atom. The molecule has 6 nitrogen and oxygen atoms in total. The minimum Gasteiger partial charge on any atom is -0.462 e. The zero-order chi connectivity index (χ0) is 48.6. The summed E-state index contributed by atoms with van der Waals surface area (Å²) < 4.78 is 16.8. The maximum absolute atomic E-state index is 12.8. The van der Waals surface area contributed by atoms with Crippen molar-refractivity contribution >= 4 is 17.9 Å². The molecule has 0 aliphatic rings. The number of allylic oxidation sites excluding steroid dienone is 20. The molecule has 1 atom stereocenters. The van der Waals surface area contributed by atoms with Crippen LogP contribution >= 0.6 is 0 Å². The summed E-state index contributed by atoms with van der Waals surface area (Å²) in [4.78, 5) is 38.1. The third kappa shape index (κ3) is 52.6. The smallest absolute Gasteiger partial charge is 0.306 e. The first kappa shape index (κ1) is 62.8. The van der Waals surface area contributed by atoms with E-state index in [9.17, 15) is 14.4 Å². The number of carbonyl (C=O) groups excluding carboxylic acids is 3. The largest absolute Gasteiger partial charge is 0.462 e. The van der Waals surface area contributed by atoms with Crippen molar-refractivity contribution in [2.75, 3.05) is 13.2 Å². The van der Waals surface area contributed by atoms with E-state index < -0.39 is 6.10 Å². The highest BCUT2D eigenvalue weighted by molar-refractivity contribution is 5.71. The summed E-state index contributed by atoms with van der Waals surface area (Å²) in [5.41, 5.74) is 0. The van der Waals surface area contributed by atoms with Crippen molar-refractivity contribution < 1.29 is 28.6 Å². The van der Waals surface area contributed by atoms with Gasteiger partial charge in [0.25, 0.3) is 0 Å². The van der Waals surface area contributed by atoms with Crippen LogP contribution in [0.4, 0.5) is 0 Å². The summed E-state index contributed by atoms with van der Waals surface area (Å²) in [6.07, 6.45) is 74.7. The average Bonchev–Trinajstić information content (AvgIpc) is 3.33. The van der Waals surface area contributed by atoms with Gasteiger partial charge in [-0.15, -0.1) is 0 Å². The van der Waals surface area contributed by atoms with Gasteiger partial charge in [-0.1, -0.05) is 200 Å². The second-order valence-electron chi connectivity index (χ2n) is 17.4. The summed E-state index contributed by atoms with van der Waals surface area (Å²) in [5, 5.41) is 0. The number of esters is 3. The predicted octanol–water partition coefficient (Wildman–Crippen LogP) is 18.1. The van der Waals surface area contributed by atoms with Gasteiger partial charge in [0.1, 0.15) is 13.2 Å². The minimum absolute atomic E-state index is 0.108. The Morgan fingerprint density at radius 2 is 0.582 bits per heavy atom. The Labute approximate surface area is 412 Å². The van der Waals surface area contributed by atoms with Gasteiger partial charge in [0.15, 0.2) is 6.10 Å². The molecule has 0 heterocycles. The fourth-order valence-electron chi connectivity index (χ4n) is 6.92. The molecule has 0 saturated carbocycles. The molecule has 0 amide bonds. The lowest BCUT2D eigenvalue weighted by Crippen LogP contribution is -2.30. The predicted molar refractivity (Wildman–Crippen MR) is 288 cm³/mol. The Hall–Kier alpha value is -4.19. The van der Waals surface area contributed by atoms with Gasteiger partial charge in [-0.3, -0.25) is 14.4 Å². The van der Waals surface area contributed by atoms with Crippen LogP contribution in [0.3, 0.4) is 0 Å². The Morgan fingerprint density at radius 1 is 0.313 bits per heavy atom. The molecule has 0 spiro atoms. The first-order valence-corrected chi connectivity index (χ1v) is 27.0. The molecule has 0 aliphatic carbocycles. The van der Waals surface area contributed by atoms with Crippen molar-refractivity contribution in [3.05, 3.63) is 122 Å². The number of unbranched alkanes of at least 4 members (excludes halogenated alkanes) is 16. The number of ether oxygens (including phenoxy) is 3. The molecule has 0 aliphatic heterocycles. The van der Waals surface area contributed by atoms with Crippen LogP contribution in [0.2, 0.25) is 0 Å². The minimum atomic E-state index is -0.812. The van der Waals surface area contributed by atoms with Gasteiger partial charge in [0, 0.05) is 19.3 Å².